The van der Waals surface area contributed by atoms with Gasteiger partial charge in [0.05, 0.1) is 0 Å². The number of aliphatic hydroxyl groups excluding tert-OH is 1. The van der Waals surface area contributed by atoms with Gasteiger partial charge in [-0.1, -0.05) is 0 Å². The number of methoxy groups -OCH3 is 1. The molecule has 0 aromatic rings. The molecule has 3 nitrogen and oxygen atoms in total. The van der Waals surface area contributed by atoms with Crippen LogP contribution in [0, 0.1) is 5.92 Å². The number of hydrogen-bond acceptors (Lipinski definition) is 3. The van der Waals surface area contributed by atoms with E-state index < -0.39 is 18.4 Å². The van der Waals surface area contributed by atoms with Gasteiger partial charge >= 0.3 is 166 Å². The molecule has 152 valence electrons. The molecule has 0 aromatic heterocycles. The summed E-state index contributed by atoms with van der Waals surface area (Å²) < 4.78 is 18.2. The van der Waals surface area contributed by atoms with Crippen molar-refractivity contribution in [1.29, 1.82) is 0 Å². The van der Waals surface area contributed by atoms with Crippen LogP contribution in [-0.2, 0) is 9.47 Å². The van der Waals surface area contributed by atoms with Gasteiger partial charge in [-0.2, -0.15) is 0 Å². The first-order valence-corrected chi connectivity index (χ1v) is 18.5. The van der Waals surface area contributed by atoms with Crippen LogP contribution < -0.4 is 0 Å². The minimum absolute atomic E-state index is 0.0608. The zero-order valence-corrected chi connectivity index (χ0v) is 20.4. The summed E-state index contributed by atoms with van der Waals surface area (Å²) in [5.74, 6) is 0.251. The van der Waals surface area contributed by atoms with Gasteiger partial charge in [0.15, 0.2) is 0 Å². The summed E-state index contributed by atoms with van der Waals surface area (Å²) in [4.78, 5) is 0. The van der Waals surface area contributed by atoms with E-state index in [0.29, 0.717) is 0 Å². The topological polar surface area (TPSA) is 38.7 Å². The van der Waals surface area contributed by atoms with Gasteiger partial charge in [0.25, 0.3) is 0 Å². The first-order valence-electron chi connectivity index (χ1n) is 10.8. The number of unbranched alkanes of at least 4 members (excludes halogenated alkanes) is 3. The van der Waals surface area contributed by atoms with E-state index in [4.69, 9.17) is 9.47 Å². The number of rotatable bonds is 14. The molecule has 3 atom stereocenters. The molecule has 0 spiro atoms. The second-order valence-corrected chi connectivity index (χ2v) is 20.8. The van der Waals surface area contributed by atoms with E-state index in [9.17, 15) is 5.11 Å². The molecule has 1 heterocycles. The van der Waals surface area contributed by atoms with Gasteiger partial charge in [0.1, 0.15) is 0 Å². The van der Waals surface area contributed by atoms with Crippen molar-refractivity contribution in [1.82, 2.24) is 0 Å². The third kappa shape index (κ3) is 8.45. The van der Waals surface area contributed by atoms with Crippen molar-refractivity contribution < 1.29 is 14.6 Å². The molecule has 0 aliphatic carbocycles. The van der Waals surface area contributed by atoms with Crippen LogP contribution in [0.15, 0.2) is 22.3 Å². The fraction of sp³-hybridized carbons (Fsp3) is 0.818. The van der Waals surface area contributed by atoms with Crippen molar-refractivity contribution in [3.8, 4) is 0 Å². The predicted molar refractivity (Wildman–Crippen MR) is 114 cm³/mol. The Morgan fingerprint density at radius 1 is 1.00 bits per heavy atom. The van der Waals surface area contributed by atoms with E-state index in [0.717, 1.165) is 6.42 Å². The van der Waals surface area contributed by atoms with Crippen LogP contribution in [-0.4, -0.2) is 49.6 Å². The fourth-order valence-corrected chi connectivity index (χ4v) is 18.0. The van der Waals surface area contributed by atoms with Crippen LogP contribution in [0.25, 0.3) is 0 Å². The Morgan fingerprint density at radius 3 is 2.04 bits per heavy atom. The van der Waals surface area contributed by atoms with Gasteiger partial charge in [-0.25, -0.2) is 0 Å². The molecule has 0 bridgehead atoms. The Morgan fingerprint density at radius 2 is 1.58 bits per heavy atom. The Kier molecular flexibility index (Phi) is 13.2. The molecule has 0 amide bonds. The Balaban J connectivity index is 2.76. The number of hydrogen-bond donors (Lipinski definition) is 1. The summed E-state index contributed by atoms with van der Waals surface area (Å²) >= 11 is -2.17. The van der Waals surface area contributed by atoms with Crippen LogP contribution in [0.4, 0.5) is 0 Å². The molecular weight excluding hydrogens is 431 g/mol. The quantitative estimate of drug-likeness (QED) is 0.254. The third-order valence-electron chi connectivity index (χ3n) is 5.72. The molecule has 26 heavy (non-hydrogen) atoms. The van der Waals surface area contributed by atoms with E-state index in [1.165, 1.54) is 51.8 Å². The van der Waals surface area contributed by atoms with Crippen molar-refractivity contribution >= 4 is 18.4 Å². The number of ether oxygens (including phenoxy) is 2. The van der Waals surface area contributed by atoms with Crippen LogP contribution in [0.2, 0.25) is 13.3 Å². The maximum absolute atomic E-state index is 9.50. The molecule has 1 N–H and O–H groups in total. The Hall–Kier alpha value is 0.159. The molecule has 1 aliphatic rings. The SMILES string of the molecule is CCC[CH2][Sn](/[CH]=C/C=C\[C@@H]1C[C@H](OC)O[C@H]1CO)([CH2]CCC)[CH2]CCC. The van der Waals surface area contributed by atoms with E-state index in [1.54, 1.807) is 7.11 Å². The zero-order chi connectivity index (χ0) is 19.3. The molecule has 0 aromatic carbocycles. The van der Waals surface area contributed by atoms with Gasteiger partial charge < -0.3 is 0 Å². The van der Waals surface area contributed by atoms with Crippen molar-refractivity contribution in [2.75, 3.05) is 13.7 Å². The first-order chi connectivity index (χ1) is 12.6. The second-order valence-electron chi connectivity index (χ2n) is 7.84. The van der Waals surface area contributed by atoms with Crippen LogP contribution in [0.5, 0.6) is 0 Å². The summed E-state index contributed by atoms with van der Waals surface area (Å²) in [6.45, 7) is 7.02. The van der Waals surface area contributed by atoms with Gasteiger partial charge in [-0.15, -0.1) is 0 Å². The Bertz CT molecular complexity index is 386. The maximum atomic E-state index is 9.50. The molecule has 0 radical (unpaired) electrons. The average molecular weight is 473 g/mol. The number of allylic oxidation sites excluding steroid dienone is 2. The summed E-state index contributed by atoms with van der Waals surface area (Å²) in [5.41, 5.74) is 0. The first kappa shape index (κ1) is 24.2. The van der Waals surface area contributed by atoms with Gasteiger partial charge in [-0.05, 0) is 0 Å². The molecule has 0 unspecified atom stereocenters. The summed E-state index contributed by atoms with van der Waals surface area (Å²) in [7, 11) is 1.67. The van der Waals surface area contributed by atoms with Gasteiger partial charge in [0.2, 0.25) is 0 Å². The summed E-state index contributed by atoms with van der Waals surface area (Å²) in [6, 6.07) is 0. The molecule has 4 heteroatoms. The molecule has 1 aliphatic heterocycles. The van der Waals surface area contributed by atoms with Gasteiger partial charge in [-0.3, -0.25) is 0 Å². The third-order valence-corrected chi connectivity index (χ3v) is 19.8. The molecule has 1 fully saturated rings. The average Bonchev–Trinajstić information content (AvgIpc) is 3.08. The van der Waals surface area contributed by atoms with Crippen LogP contribution in [0.3, 0.4) is 0 Å². The molecular formula is C22H42O3Sn. The molecule has 1 rings (SSSR count). The van der Waals surface area contributed by atoms with Crippen LogP contribution >= 0.6 is 0 Å². The summed E-state index contributed by atoms with van der Waals surface area (Å²) in [6.07, 6.45) is 15.4. The van der Waals surface area contributed by atoms with Crippen molar-refractivity contribution in [2.45, 2.75) is 91.4 Å². The van der Waals surface area contributed by atoms with Crippen molar-refractivity contribution in [2.24, 2.45) is 5.92 Å². The van der Waals surface area contributed by atoms with E-state index in [2.05, 4.69) is 43.1 Å². The van der Waals surface area contributed by atoms with E-state index >= 15 is 0 Å². The fourth-order valence-electron chi connectivity index (χ4n) is 3.94. The second kappa shape index (κ2) is 14.2. The van der Waals surface area contributed by atoms with Crippen LogP contribution in [0.1, 0.15) is 65.7 Å². The zero-order valence-electron chi connectivity index (χ0n) is 17.6. The Labute approximate surface area is 166 Å². The van der Waals surface area contributed by atoms with Crippen molar-refractivity contribution in [3.63, 3.8) is 0 Å². The molecule has 1 saturated heterocycles. The standard InChI is InChI=1S/C10H15O3.3C4H9.Sn/c1-3-4-5-8-6-10(12-2)13-9(8)7-11;3*1-3-4-2;/h1,3-5,8-11H,6-7H2,2H3;3*1,3-4H2,2H3;/b3-1?,5-4-;;;;/t8-,9+,10-;;;;/m1..../s1. The predicted octanol–water partition coefficient (Wildman–Crippen LogP) is 5.86. The minimum atomic E-state index is -2.17. The van der Waals surface area contributed by atoms with Crippen molar-refractivity contribution in [3.05, 3.63) is 22.3 Å². The monoisotopic (exact) mass is 474 g/mol. The van der Waals surface area contributed by atoms with E-state index in [-0.39, 0.29) is 24.9 Å². The van der Waals surface area contributed by atoms with E-state index in [1.807, 2.05) is 0 Å². The molecule has 0 saturated carbocycles. The number of aliphatic hydroxyl groups is 1. The van der Waals surface area contributed by atoms with Gasteiger partial charge in [0, 0.05) is 0 Å². The normalized spacial score (nSPS) is 24.3. The summed E-state index contributed by atoms with van der Waals surface area (Å²) in [5, 5.41) is 9.50.